The minimum atomic E-state index is -4.69. The Bertz CT molecular complexity index is 1020. The first kappa shape index (κ1) is 20.9. The number of hydrogen-bond acceptors (Lipinski definition) is 6. The van der Waals surface area contributed by atoms with E-state index in [4.69, 9.17) is 9.47 Å². The Morgan fingerprint density at radius 2 is 1.86 bits per heavy atom. The van der Waals surface area contributed by atoms with Gasteiger partial charge in [-0.25, -0.2) is 9.37 Å². The van der Waals surface area contributed by atoms with Crippen LogP contribution in [0.15, 0.2) is 24.7 Å². The van der Waals surface area contributed by atoms with Crippen molar-refractivity contribution in [3.05, 3.63) is 36.3 Å². The van der Waals surface area contributed by atoms with Crippen molar-refractivity contribution >= 4 is 5.65 Å². The molecule has 0 saturated heterocycles. The van der Waals surface area contributed by atoms with Crippen LogP contribution in [0.4, 0.5) is 17.6 Å². The second-order valence-corrected chi connectivity index (χ2v) is 6.78. The van der Waals surface area contributed by atoms with Crippen LogP contribution < -0.4 is 4.74 Å². The molecule has 0 saturated carbocycles. The van der Waals surface area contributed by atoms with Crippen molar-refractivity contribution in [1.29, 1.82) is 0 Å². The number of halogens is 4. The fourth-order valence-electron chi connectivity index (χ4n) is 2.51. The molecule has 0 spiro atoms. The normalized spacial score (nSPS) is 13.7. The van der Waals surface area contributed by atoms with E-state index < -0.39 is 23.5 Å². The molecule has 0 aromatic carbocycles. The van der Waals surface area contributed by atoms with Crippen molar-refractivity contribution in [3.63, 3.8) is 0 Å². The zero-order valence-electron chi connectivity index (χ0n) is 16.2. The van der Waals surface area contributed by atoms with Crippen molar-refractivity contribution in [1.82, 2.24) is 24.6 Å². The SMILES string of the molecule is CCO[C@H](C)c1nnc2cnc(-c3cnc(OC(C)(C)C(F)(F)F)c(F)c3)cn12. The van der Waals surface area contributed by atoms with Crippen molar-refractivity contribution in [2.75, 3.05) is 6.61 Å². The van der Waals surface area contributed by atoms with Gasteiger partial charge in [-0.15, -0.1) is 10.2 Å². The summed E-state index contributed by atoms with van der Waals surface area (Å²) in [4.78, 5) is 7.89. The summed E-state index contributed by atoms with van der Waals surface area (Å²) in [5.74, 6) is -1.24. The number of fused-ring (bicyclic) bond motifs is 1. The van der Waals surface area contributed by atoms with Gasteiger partial charge in [0.2, 0.25) is 0 Å². The highest BCUT2D eigenvalue weighted by atomic mass is 19.4. The molecule has 0 amide bonds. The summed E-state index contributed by atoms with van der Waals surface area (Å²) >= 11 is 0. The molecule has 0 N–H and O–H groups in total. The lowest BCUT2D eigenvalue weighted by atomic mass is 10.1. The van der Waals surface area contributed by atoms with E-state index in [-0.39, 0.29) is 11.7 Å². The second-order valence-electron chi connectivity index (χ2n) is 6.78. The summed E-state index contributed by atoms with van der Waals surface area (Å²) in [7, 11) is 0. The van der Waals surface area contributed by atoms with Crippen molar-refractivity contribution in [2.45, 2.75) is 45.6 Å². The van der Waals surface area contributed by atoms with Crippen LogP contribution in [0.5, 0.6) is 5.88 Å². The maximum Gasteiger partial charge on any atom is 0.427 e. The Morgan fingerprint density at radius 3 is 2.48 bits per heavy atom. The highest BCUT2D eigenvalue weighted by molar-refractivity contribution is 5.59. The van der Waals surface area contributed by atoms with Gasteiger partial charge in [-0.3, -0.25) is 9.38 Å². The molecule has 0 aliphatic carbocycles. The van der Waals surface area contributed by atoms with Crippen LogP contribution in [0.2, 0.25) is 0 Å². The molecule has 0 aliphatic heterocycles. The molecule has 1 atom stereocenters. The fraction of sp³-hybridized carbons (Fsp3) is 0.444. The first-order valence-electron chi connectivity index (χ1n) is 8.77. The van der Waals surface area contributed by atoms with E-state index >= 15 is 0 Å². The molecule has 0 bridgehead atoms. The van der Waals surface area contributed by atoms with E-state index in [1.54, 1.807) is 10.6 Å². The predicted molar refractivity (Wildman–Crippen MR) is 94.8 cm³/mol. The summed E-state index contributed by atoms with van der Waals surface area (Å²) in [5, 5.41) is 8.08. The molecule has 156 valence electrons. The lowest BCUT2D eigenvalue weighted by Gasteiger charge is -2.28. The Kier molecular flexibility index (Phi) is 5.44. The number of rotatable bonds is 6. The molecule has 0 radical (unpaired) electrons. The monoisotopic (exact) mass is 413 g/mol. The summed E-state index contributed by atoms with van der Waals surface area (Å²) in [6.07, 6.45) is -0.805. The molecule has 3 aromatic rings. The van der Waals surface area contributed by atoms with Gasteiger partial charge >= 0.3 is 6.18 Å². The number of nitrogens with zero attached hydrogens (tertiary/aromatic N) is 5. The van der Waals surface area contributed by atoms with Gasteiger partial charge in [0.15, 0.2) is 22.9 Å². The molecule has 3 heterocycles. The molecule has 3 aromatic heterocycles. The molecule has 29 heavy (non-hydrogen) atoms. The quantitative estimate of drug-likeness (QED) is 0.566. The average molecular weight is 413 g/mol. The van der Waals surface area contributed by atoms with Crippen LogP contribution in [-0.4, -0.2) is 43.0 Å². The minimum Gasteiger partial charge on any atom is -0.460 e. The van der Waals surface area contributed by atoms with Crippen LogP contribution in [0.3, 0.4) is 0 Å². The Morgan fingerprint density at radius 1 is 1.14 bits per heavy atom. The summed E-state index contributed by atoms with van der Waals surface area (Å²) in [5.41, 5.74) is -1.54. The maximum absolute atomic E-state index is 14.4. The lowest BCUT2D eigenvalue weighted by molar-refractivity contribution is -0.235. The smallest absolute Gasteiger partial charge is 0.427 e. The first-order chi connectivity index (χ1) is 13.5. The van der Waals surface area contributed by atoms with E-state index in [0.29, 0.717) is 23.8 Å². The number of aromatic nitrogens is 5. The number of hydrogen-bond donors (Lipinski definition) is 0. The number of ether oxygens (including phenoxy) is 2. The van der Waals surface area contributed by atoms with Crippen LogP contribution in [0.1, 0.15) is 39.6 Å². The third-order valence-corrected chi connectivity index (χ3v) is 4.24. The molecular formula is C18H19F4N5O2. The van der Waals surface area contributed by atoms with Crippen LogP contribution >= 0.6 is 0 Å². The topological polar surface area (TPSA) is 74.4 Å². The van der Waals surface area contributed by atoms with Gasteiger partial charge in [-0.1, -0.05) is 0 Å². The third kappa shape index (κ3) is 4.14. The van der Waals surface area contributed by atoms with Gasteiger partial charge < -0.3 is 9.47 Å². The van der Waals surface area contributed by atoms with E-state index in [2.05, 4.69) is 20.2 Å². The summed E-state index contributed by atoms with van der Waals surface area (Å²) < 4.78 is 65.2. The van der Waals surface area contributed by atoms with Gasteiger partial charge in [-0.2, -0.15) is 13.2 Å². The van der Waals surface area contributed by atoms with E-state index in [0.717, 1.165) is 19.9 Å². The van der Waals surface area contributed by atoms with Gasteiger partial charge in [0.05, 0.1) is 11.9 Å². The van der Waals surface area contributed by atoms with Crippen LogP contribution in [-0.2, 0) is 4.74 Å². The van der Waals surface area contributed by atoms with E-state index in [1.165, 1.54) is 12.4 Å². The standard InChI is InChI=1S/C18H19F4N5O2/c1-5-28-10(2)15-26-25-14-8-23-13(9-27(14)15)11-6-12(19)16(24-7-11)29-17(3,4)18(20,21)22/h6-10H,5H2,1-4H3/t10-/m1/s1. The fourth-order valence-corrected chi connectivity index (χ4v) is 2.51. The van der Waals surface area contributed by atoms with Gasteiger partial charge in [0.1, 0.15) is 6.10 Å². The zero-order valence-corrected chi connectivity index (χ0v) is 16.2. The predicted octanol–water partition coefficient (Wildman–Crippen LogP) is 4.14. The molecule has 7 nitrogen and oxygen atoms in total. The maximum atomic E-state index is 14.4. The number of pyridine rings is 1. The number of alkyl halides is 3. The van der Waals surface area contributed by atoms with Gasteiger partial charge in [0.25, 0.3) is 5.88 Å². The minimum absolute atomic E-state index is 0.255. The third-order valence-electron chi connectivity index (χ3n) is 4.24. The zero-order chi connectivity index (χ0) is 21.4. The molecule has 0 fully saturated rings. The molecular weight excluding hydrogens is 394 g/mol. The van der Waals surface area contributed by atoms with E-state index in [1.807, 2.05) is 13.8 Å². The second kappa shape index (κ2) is 7.54. The van der Waals surface area contributed by atoms with Crippen LogP contribution in [0.25, 0.3) is 16.9 Å². The Labute approximate surface area is 163 Å². The van der Waals surface area contributed by atoms with E-state index in [9.17, 15) is 17.6 Å². The molecule has 0 aliphatic rings. The Balaban J connectivity index is 1.94. The highest BCUT2D eigenvalue weighted by Crippen LogP contribution is 2.34. The average Bonchev–Trinajstić information content (AvgIpc) is 3.05. The van der Waals surface area contributed by atoms with Gasteiger partial charge in [0, 0.05) is 24.6 Å². The molecule has 3 rings (SSSR count). The molecule has 0 unspecified atom stereocenters. The lowest BCUT2D eigenvalue weighted by Crippen LogP contribution is -2.45. The summed E-state index contributed by atoms with van der Waals surface area (Å²) in [6.45, 7) is 5.74. The first-order valence-corrected chi connectivity index (χ1v) is 8.77. The van der Waals surface area contributed by atoms with Crippen LogP contribution in [0, 0.1) is 5.82 Å². The highest BCUT2D eigenvalue weighted by Gasteiger charge is 2.50. The van der Waals surface area contributed by atoms with Crippen molar-refractivity contribution in [2.24, 2.45) is 0 Å². The van der Waals surface area contributed by atoms with Gasteiger partial charge in [-0.05, 0) is 33.8 Å². The van der Waals surface area contributed by atoms with Crippen molar-refractivity contribution in [3.8, 4) is 17.1 Å². The molecule has 11 heteroatoms. The largest absolute Gasteiger partial charge is 0.460 e. The Hall–Kier alpha value is -2.82. The van der Waals surface area contributed by atoms with Crippen molar-refractivity contribution < 1.29 is 27.0 Å². The summed E-state index contributed by atoms with van der Waals surface area (Å²) in [6, 6.07) is 1.01.